The molecular formula is C6H15FO2Si. The van der Waals surface area contributed by atoms with E-state index in [1.54, 1.807) is 0 Å². The quantitative estimate of drug-likeness (QED) is 0.595. The molecule has 10 heavy (non-hydrogen) atoms. The van der Waals surface area contributed by atoms with Crippen LogP contribution in [0.5, 0.6) is 0 Å². The van der Waals surface area contributed by atoms with Gasteiger partial charge in [0.2, 0.25) is 0 Å². The van der Waals surface area contributed by atoms with Crippen LogP contribution in [-0.4, -0.2) is 21.5 Å². The van der Waals surface area contributed by atoms with Crippen molar-refractivity contribution in [3.63, 3.8) is 0 Å². The fraction of sp³-hybridized carbons (Fsp3) is 1.00. The van der Waals surface area contributed by atoms with Gasteiger partial charge in [-0.1, -0.05) is 0 Å². The molecule has 1 atom stereocenters. The highest BCUT2D eigenvalue weighted by atomic mass is 28.4. The summed E-state index contributed by atoms with van der Waals surface area (Å²) in [6, 6.07) is 0. The summed E-state index contributed by atoms with van der Waals surface area (Å²) in [5, 5.41) is 0. The van der Waals surface area contributed by atoms with Crippen LogP contribution < -0.4 is 0 Å². The Morgan fingerprint density at radius 3 is 2.30 bits per heavy atom. The summed E-state index contributed by atoms with van der Waals surface area (Å²) in [6.45, 7) is 7.49. The van der Waals surface area contributed by atoms with Gasteiger partial charge in [-0.05, 0) is 26.9 Å². The lowest BCUT2D eigenvalue weighted by Gasteiger charge is -2.22. The third kappa shape index (κ3) is 4.90. The SMILES string of the molecule is CCO[Si](C)(C)OC(C)F. The van der Waals surface area contributed by atoms with Crippen LogP contribution in [0.3, 0.4) is 0 Å². The Labute approximate surface area is 62.6 Å². The molecule has 0 heterocycles. The number of alkyl halides is 1. The van der Waals surface area contributed by atoms with Crippen LogP contribution in [0.1, 0.15) is 13.8 Å². The molecule has 0 aromatic heterocycles. The van der Waals surface area contributed by atoms with Crippen LogP contribution in [-0.2, 0) is 8.85 Å². The lowest BCUT2D eigenvalue weighted by atomic mass is 10.8. The Morgan fingerprint density at radius 2 is 2.00 bits per heavy atom. The molecule has 0 aromatic carbocycles. The van der Waals surface area contributed by atoms with Gasteiger partial charge in [-0.25, -0.2) is 4.39 Å². The van der Waals surface area contributed by atoms with E-state index in [1.807, 2.05) is 20.0 Å². The molecule has 0 bridgehead atoms. The van der Waals surface area contributed by atoms with Crippen molar-refractivity contribution in [1.82, 2.24) is 0 Å². The first-order valence-electron chi connectivity index (χ1n) is 3.44. The van der Waals surface area contributed by atoms with Gasteiger partial charge >= 0.3 is 8.56 Å². The molecule has 4 heteroatoms. The van der Waals surface area contributed by atoms with E-state index in [1.165, 1.54) is 6.92 Å². The molecule has 2 nitrogen and oxygen atoms in total. The number of rotatable bonds is 4. The van der Waals surface area contributed by atoms with Gasteiger partial charge in [0.25, 0.3) is 0 Å². The molecule has 0 N–H and O–H groups in total. The minimum Gasteiger partial charge on any atom is -0.395 e. The zero-order valence-electron chi connectivity index (χ0n) is 6.98. The molecule has 0 aliphatic carbocycles. The Morgan fingerprint density at radius 1 is 1.50 bits per heavy atom. The van der Waals surface area contributed by atoms with Gasteiger partial charge in [0.1, 0.15) is 0 Å². The summed E-state index contributed by atoms with van der Waals surface area (Å²) in [6.07, 6.45) is -1.21. The fourth-order valence-corrected chi connectivity index (χ4v) is 2.32. The first kappa shape index (κ1) is 10.1. The summed E-state index contributed by atoms with van der Waals surface area (Å²) in [5.41, 5.74) is 0. The van der Waals surface area contributed by atoms with Gasteiger partial charge in [0.05, 0.1) is 0 Å². The van der Waals surface area contributed by atoms with Crippen molar-refractivity contribution in [3.8, 4) is 0 Å². The maximum absolute atomic E-state index is 12.3. The highest BCUT2D eigenvalue weighted by molar-refractivity contribution is 6.64. The van der Waals surface area contributed by atoms with E-state index in [2.05, 4.69) is 0 Å². The molecule has 0 rings (SSSR count). The molecule has 62 valence electrons. The van der Waals surface area contributed by atoms with Gasteiger partial charge in [0.15, 0.2) is 6.36 Å². The molecule has 0 fully saturated rings. The smallest absolute Gasteiger partial charge is 0.333 e. The van der Waals surface area contributed by atoms with Crippen molar-refractivity contribution in [2.45, 2.75) is 33.3 Å². The van der Waals surface area contributed by atoms with E-state index >= 15 is 0 Å². The molecule has 0 aromatic rings. The van der Waals surface area contributed by atoms with Crippen LogP contribution in [0.4, 0.5) is 4.39 Å². The van der Waals surface area contributed by atoms with E-state index in [-0.39, 0.29) is 0 Å². The Hall–Kier alpha value is 0.0669. The average Bonchev–Trinajstić information content (AvgIpc) is 1.59. The second-order valence-electron chi connectivity index (χ2n) is 2.49. The summed E-state index contributed by atoms with van der Waals surface area (Å²) in [4.78, 5) is 0. The predicted molar refractivity (Wildman–Crippen MR) is 40.8 cm³/mol. The molecule has 0 spiro atoms. The number of hydrogen-bond donors (Lipinski definition) is 0. The monoisotopic (exact) mass is 166 g/mol. The van der Waals surface area contributed by atoms with E-state index in [0.717, 1.165) is 0 Å². The lowest BCUT2D eigenvalue weighted by molar-refractivity contribution is 0.0427. The van der Waals surface area contributed by atoms with E-state index < -0.39 is 14.9 Å². The van der Waals surface area contributed by atoms with Crippen molar-refractivity contribution in [2.24, 2.45) is 0 Å². The van der Waals surface area contributed by atoms with Crippen molar-refractivity contribution in [3.05, 3.63) is 0 Å². The summed E-state index contributed by atoms with van der Waals surface area (Å²) >= 11 is 0. The van der Waals surface area contributed by atoms with Crippen molar-refractivity contribution < 1.29 is 13.2 Å². The second-order valence-corrected chi connectivity index (χ2v) is 5.82. The van der Waals surface area contributed by atoms with E-state index in [0.29, 0.717) is 6.61 Å². The zero-order chi connectivity index (χ0) is 8.20. The van der Waals surface area contributed by atoms with Crippen LogP contribution in [0.2, 0.25) is 13.1 Å². The maximum Gasteiger partial charge on any atom is 0.333 e. The Balaban J connectivity index is 3.63. The third-order valence-corrected chi connectivity index (χ3v) is 2.81. The van der Waals surface area contributed by atoms with Gasteiger partial charge in [-0.2, -0.15) is 0 Å². The zero-order valence-corrected chi connectivity index (χ0v) is 7.98. The van der Waals surface area contributed by atoms with Gasteiger partial charge in [-0.15, -0.1) is 0 Å². The van der Waals surface area contributed by atoms with Crippen molar-refractivity contribution in [2.75, 3.05) is 6.61 Å². The topological polar surface area (TPSA) is 18.5 Å². The van der Waals surface area contributed by atoms with Crippen molar-refractivity contribution >= 4 is 8.56 Å². The number of hydrogen-bond acceptors (Lipinski definition) is 2. The molecule has 0 saturated heterocycles. The van der Waals surface area contributed by atoms with E-state index in [9.17, 15) is 4.39 Å². The van der Waals surface area contributed by atoms with Crippen LogP contribution in [0, 0.1) is 0 Å². The molecule has 0 saturated carbocycles. The minimum atomic E-state index is -2.14. The molecule has 0 aliphatic heterocycles. The van der Waals surface area contributed by atoms with Gasteiger partial charge < -0.3 is 8.85 Å². The first-order valence-corrected chi connectivity index (χ1v) is 6.25. The average molecular weight is 166 g/mol. The number of halogens is 1. The highest BCUT2D eigenvalue weighted by Gasteiger charge is 2.26. The fourth-order valence-electron chi connectivity index (χ4n) is 0.773. The van der Waals surface area contributed by atoms with Gasteiger partial charge in [-0.3, -0.25) is 0 Å². The van der Waals surface area contributed by atoms with Crippen molar-refractivity contribution in [1.29, 1.82) is 0 Å². The normalized spacial score (nSPS) is 15.3. The predicted octanol–water partition coefficient (Wildman–Crippen LogP) is 2.06. The maximum atomic E-state index is 12.3. The molecule has 0 amide bonds. The summed E-state index contributed by atoms with van der Waals surface area (Å²) < 4.78 is 22.4. The Kier molecular flexibility index (Phi) is 4.08. The second kappa shape index (κ2) is 4.05. The Bertz CT molecular complexity index is 95.7. The molecule has 0 radical (unpaired) electrons. The van der Waals surface area contributed by atoms with Gasteiger partial charge in [0, 0.05) is 6.61 Å². The minimum absolute atomic E-state index is 0.589. The highest BCUT2D eigenvalue weighted by Crippen LogP contribution is 2.09. The summed E-state index contributed by atoms with van der Waals surface area (Å²) in [7, 11) is -2.14. The summed E-state index contributed by atoms with van der Waals surface area (Å²) in [5.74, 6) is 0. The van der Waals surface area contributed by atoms with E-state index in [4.69, 9.17) is 8.85 Å². The first-order chi connectivity index (χ1) is 4.48. The van der Waals surface area contributed by atoms with Crippen LogP contribution in [0.15, 0.2) is 0 Å². The van der Waals surface area contributed by atoms with Crippen LogP contribution in [0.25, 0.3) is 0 Å². The standard InChI is InChI=1S/C6H15FO2Si/c1-5-8-10(3,4)9-6(2)7/h6H,5H2,1-4H3. The third-order valence-electron chi connectivity index (χ3n) is 0.938. The molecule has 1 unspecified atom stereocenters. The van der Waals surface area contributed by atoms with Crippen LogP contribution >= 0.6 is 0 Å². The largest absolute Gasteiger partial charge is 0.395 e. The molecule has 0 aliphatic rings. The lowest BCUT2D eigenvalue weighted by Crippen LogP contribution is -2.36. The molecular weight excluding hydrogens is 151 g/mol.